The van der Waals surface area contributed by atoms with E-state index in [-0.39, 0.29) is 5.92 Å². The first-order valence-electron chi connectivity index (χ1n) is 6.34. The largest absolute Gasteiger partial charge is 0.383 e. The van der Waals surface area contributed by atoms with E-state index in [2.05, 4.69) is 17.0 Å². The predicted molar refractivity (Wildman–Crippen MR) is 73.3 cm³/mol. The maximum atomic E-state index is 9.31. The van der Waals surface area contributed by atoms with Crippen molar-refractivity contribution in [2.45, 2.75) is 12.3 Å². The van der Waals surface area contributed by atoms with Crippen LogP contribution >= 0.6 is 0 Å². The molecular formula is C15H19N3O. The van der Waals surface area contributed by atoms with Crippen LogP contribution in [0.25, 0.3) is 0 Å². The van der Waals surface area contributed by atoms with E-state index in [1.807, 2.05) is 30.3 Å². The van der Waals surface area contributed by atoms with Gasteiger partial charge in [-0.3, -0.25) is 4.90 Å². The third-order valence-electron chi connectivity index (χ3n) is 2.95. The number of ether oxygens (including phenoxy) is 1. The summed E-state index contributed by atoms with van der Waals surface area (Å²) in [5, 5.41) is 18.0. The zero-order valence-electron chi connectivity index (χ0n) is 11.2. The van der Waals surface area contributed by atoms with Gasteiger partial charge in [0.1, 0.15) is 0 Å². The molecule has 0 fully saturated rings. The lowest BCUT2D eigenvalue weighted by atomic mass is 10.00. The highest BCUT2D eigenvalue weighted by molar-refractivity contribution is 5.25. The minimum atomic E-state index is -0.170. The summed E-state index contributed by atoms with van der Waals surface area (Å²) in [7, 11) is 1.65. The molecule has 1 rings (SSSR count). The molecule has 19 heavy (non-hydrogen) atoms. The summed E-state index contributed by atoms with van der Waals surface area (Å²) in [5.41, 5.74) is 1.02. The molecule has 0 bridgehead atoms. The molecule has 0 amide bonds. The van der Waals surface area contributed by atoms with Gasteiger partial charge in [-0.25, -0.2) is 0 Å². The van der Waals surface area contributed by atoms with E-state index in [9.17, 15) is 5.26 Å². The van der Waals surface area contributed by atoms with E-state index in [0.717, 1.165) is 12.1 Å². The molecular weight excluding hydrogens is 238 g/mol. The monoisotopic (exact) mass is 257 g/mol. The van der Waals surface area contributed by atoms with E-state index in [1.165, 1.54) is 0 Å². The van der Waals surface area contributed by atoms with E-state index >= 15 is 0 Å². The lowest BCUT2D eigenvalue weighted by molar-refractivity contribution is 0.147. The maximum Gasteiger partial charge on any atom is 0.0839 e. The molecule has 4 nitrogen and oxygen atoms in total. The van der Waals surface area contributed by atoms with Crippen LogP contribution in [0.15, 0.2) is 30.3 Å². The first kappa shape index (κ1) is 15.2. The summed E-state index contributed by atoms with van der Waals surface area (Å²) in [6, 6.07) is 14.2. The van der Waals surface area contributed by atoms with Gasteiger partial charge in [0.15, 0.2) is 0 Å². The average molecular weight is 257 g/mol. The SMILES string of the molecule is COCCN(CCC#N)CC(C#N)c1ccccc1. The van der Waals surface area contributed by atoms with E-state index < -0.39 is 0 Å². The van der Waals surface area contributed by atoms with Gasteiger partial charge in [0, 0.05) is 33.2 Å². The minimum absolute atomic E-state index is 0.170. The second-order valence-electron chi connectivity index (χ2n) is 4.29. The van der Waals surface area contributed by atoms with Gasteiger partial charge in [-0.1, -0.05) is 30.3 Å². The van der Waals surface area contributed by atoms with Gasteiger partial charge in [0.05, 0.1) is 24.7 Å². The number of benzene rings is 1. The molecule has 0 saturated heterocycles. The van der Waals surface area contributed by atoms with Crippen LogP contribution in [0.4, 0.5) is 0 Å². The molecule has 1 unspecified atom stereocenters. The quantitative estimate of drug-likeness (QED) is 0.716. The zero-order chi connectivity index (χ0) is 13.9. The van der Waals surface area contributed by atoms with Crippen molar-refractivity contribution in [2.24, 2.45) is 0 Å². The van der Waals surface area contributed by atoms with E-state index in [1.54, 1.807) is 7.11 Å². The molecule has 0 spiro atoms. The number of nitriles is 2. The first-order valence-corrected chi connectivity index (χ1v) is 6.34. The summed E-state index contributed by atoms with van der Waals surface area (Å²) in [6.45, 7) is 2.65. The molecule has 0 radical (unpaired) electrons. The van der Waals surface area contributed by atoms with Crippen LogP contribution in [0.5, 0.6) is 0 Å². The average Bonchev–Trinajstić information content (AvgIpc) is 2.47. The zero-order valence-corrected chi connectivity index (χ0v) is 11.2. The molecule has 4 heteroatoms. The van der Waals surface area contributed by atoms with Crippen LogP contribution in [0.3, 0.4) is 0 Å². The second-order valence-corrected chi connectivity index (χ2v) is 4.29. The van der Waals surface area contributed by atoms with Crippen LogP contribution < -0.4 is 0 Å². The lowest BCUT2D eigenvalue weighted by Crippen LogP contribution is -2.32. The summed E-state index contributed by atoms with van der Waals surface area (Å²) >= 11 is 0. The molecule has 0 aliphatic heterocycles. The Morgan fingerprint density at radius 3 is 2.53 bits per heavy atom. The molecule has 1 aromatic carbocycles. The fraction of sp³-hybridized carbons (Fsp3) is 0.467. The Morgan fingerprint density at radius 1 is 1.21 bits per heavy atom. The Labute approximate surface area is 114 Å². The third kappa shape index (κ3) is 5.52. The van der Waals surface area contributed by atoms with E-state index in [4.69, 9.17) is 10.00 Å². The highest BCUT2D eigenvalue weighted by Gasteiger charge is 2.15. The number of methoxy groups -OCH3 is 1. The number of rotatable bonds is 8. The Balaban J connectivity index is 2.64. The van der Waals surface area contributed by atoms with Crippen molar-refractivity contribution < 1.29 is 4.74 Å². The smallest absolute Gasteiger partial charge is 0.0839 e. The molecule has 0 heterocycles. The summed E-state index contributed by atoms with van der Waals surface area (Å²) in [6.07, 6.45) is 0.469. The van der Waals surface area contributed by atoms with Crippen LogP contribution in [0.2, 0.25) is 0 Å². The minimum Gasteiger partial charge on any atom is -0.383 e. The highest BCUT2D eigenvalue weighted by atomic mass is 16.5. The van der Waals surface area contributed by atoms with Gasteiger partial charge in [-0.15, -0.1) is 0 Å². The molecule has 0 aliphatic rings. The van der Waals surface area contributed by atoms with Crippen molar-refractivity contribution in [1.29, 1.82) is 10.5 Å². The van der Waals surface area contributed by atoms with Gasteiger partial charge >= 0.3 is 0 Å². The van der Waals surface area contributed by atoms with Crippen molar-refractivity contribution in [3.8, 4) is 12.1 Å². The Bertz CT molecular complexity index is 433. The maximum absolute atomic E-state index is 9.31. The highest BCUT2D eigenvalue weighted by Crippen LogP contribution is 2.16. The molecule has 0 aromatic heterocycles. The normalized spacial score (nSPS) is 11.8. The Hall–Kier alpha value is -1.88. The van der Waals surface area contributed by atoms with Crippen molar-refractivity contribution in [3.05, 3.63) is 35.9 Å². The summed E-state index contributed by atoms with van der Waals surface area (Å²) < 4.78 is 5.07. The van der Waals surface area contributed by atoms with Crippen molar-refractivity contribution in [3.63, 3.8) is 0 Å². The Kier molecular flexibility index (Phi) is 7.27. The fourth-order valence-corrected chi connectivity index (χ4v) is 1.89. The molecule has 0 N–H and O–H groups in total. The third-order valence-corrected chi connectivity index (χ3v) is 2.95. The van der Waals surface area contributed by atoms with E-state index in [0.29, 0.717) is 26.1 Å². The molecule has 0 aliphatic carbocycles. The summed E-state index contributed by atoms with van der Waals surface area (Å²) in [5.74, 6) is -0.170. The molecule has 1 atom stereocenters. The van der Waals surface area contributed by atoms with Gasteiger partial charge < -0.3 is 4.74 Å². The molecule has 1 aromatic rings. The van der Waals surface area contributed by atoms with Gasteiger partial charge in [0.2, 0.25) is 0 Å². The number of hydrogen-bond donors (Lipinski definition) is 0. The first-order chi connectivity index (χ1) is 9.31. The van der Waals surface area contributed by atoms with Crippen LogP contribution in [0, 0.1) is 22.7 Å². The van der Waals surface area contributed by atoms with Gasteiger partial charge in [0.25, 0.3) is 0 Å². The topological polar surface area (TPSA) is 60.0 Å². The fourth-order valence-electron chi connectivity index (χ4n) is 1.89. The van der Waals surface area contributed by atoms with Gasteiger partial charge in [-0.2, -0.15) is 10.5 Å². The van der Waals surface area contributed by atoms with Gasteiger partial charge in [-0.05, 0) is 5.56 Å². The molecule has 0 saturated carbocycles. The van der Waals surface area contributed by atoms with Crippen LogP contribution in [0.1, 0.15) is 17.9 Å². The van der Waals surface area contributed by atoms with Crippen molar-refractivity contribution in [1.82, 2.24) is 4.90 Å². The van der Waals surface area contributed by atoms with Crippen molar-refractivity contribution in [2.75, 3.05) is 33.4 Å². The molecule has 100 valence electrons. The van der Waals surface area contributed by atoms with Crippen LogP contribution in [-0.2, 0) is 4.74 Å². The lowest BCUT2D eigenvalue weighted by Gasteiger charge is -2.23. The standard InChI is InChI=1S/C15H19N3O/c1-19-11-10-18(9-5-8-16)13-15(12-17)14-6-3-2-4-7-14/h2-4,6-7,15H,5,9-11,13H2,1H3. The van der Waals surface area contributed by atoms with Crippen LogP contribution in [-0.4, -0.2) is 38.3 Å². The number of hydrogen-bond acceptors (Lipinski definition) is 4. The number of nitrogens with zero attached hydrogens (tertiary/aromatic N) is 3. The summed E-state index contributed by atoms with van der Waals surface area (Å²) in [4.78, 5) is 2.10. The second kappa shape index (κ2) is 9.10. The van der Waals surface area contributed by atoms with Crippen molar-refractivity contribution >= 4 is 0 Å². The predicted octanol–water partition coefficient (Wildman–Crippen LogP) is 2.16. The Morgan fingerprint density at radius 2 is 1.95 bits per heavy atom.